The SMILES string of the molecule is CC(C)c1ccc(-c2csc3ncn(C(C)C(=O)Nc4ccc(Cl)cc4)c(=O)c23)cc1. The molecule has 0 aliphatic heterocycles. The Morgan fingerprint density at radius 2 is 1.74 bits per heavy atom. The van der Waals surface area contributed by atoms with Crippen LogP contribution in [0.3, 0.4) is 0 Å². The Morgan fingerprint density at radius 3 is 2.39 bits per heavy atom. The summed E-state index contributed by atoms with van der Waals surface area (Å²) in [7, 11) is 0. The molecule has 2 heterocycles. The molecule has 1 N–H and O–H groups in total. The fourth-order valence-corrected chi connectivity index (χ4v) is 4.42. The maximum atomic E-state index is 13.3. The zero-order chi connectivity index (χ0) is 22.1. The quantitative estimate of drug-likeness (QED) is 0.398. The number of amides is 1. The number of rotatable bonds is 5. The third kappa shape index (κ3) is 4.27. The molecule has 0 aliphatic carbocycles. The zero-order valence-electron chi connectivity index (χ0n) is 17.4. The lowest BCUT2D eigenvalue weighted by atomic mass is 9.99. The lowest BCUT2D eigenvalue weighted by Gasteiger charge is -2.15. The first kappa shape index (κ1) is 21.3. The number of hydrogen-bond donors (Lipinski definition) is 1. The number of fused-ring (bicyclic) bond motifs is 1. The van der Waals surface area contributed by atoms with Gasteiger partial charge in [-0.2, -0.15) is 0 Å². The first-order chi connectivity index (χ1) is 14.8. The van der Waals surface area contributed by atoms with E-state index in [1.54, 1.807) is 31.2 Å². The van der Waals surface area contributed by atoms with Gasteiger partial charge in [0, 0.05) is 21.7 Å². The normalized spacial score (nSPS) is 12.3. The molecule has 5 nitrogen and oxygen atoms in total. The summed E-state index contributed by atoms with van der Waals surface area (Å²) in [6.45, 7) is 5.98. The van der Waals surface area contributed by atoms with Crippen molar-refractivity contribution in [1.82, 2.24) is 9.55 Å². The summed E-state index contributed by atoms with van der Waals surface area (Å²) >= 11 is 7.32. The van der Waals surface area contributed by atoms with Crippen LogP contribution in [0.1, 0.15) is 38.3 Å². The van der Waals surface area contributed by atoms with E-state index in [0.29, 0.717) is 26.8 Å². The number of benzene rings is 2. The van der Waals surface area contributed by atoms with Crippen LogP contribution < -0.4 is 10.9 Å². The van der Waals surface area contributed by atoms with Crippen LogP contribution in [0.15, 0.2) is 65.0 Å². The van der Waals surface area contributed by atoms with Crippen LogP contribution in [0.2, 0.25) is 5.02 Å². The fourth-order valence-electron chi connectivity index (χ4n) is 3.39. The maximum absolute atomic E-state index is 13.3. The van der Waals surface area contributed by atoms with E-state index in [1.807, 2.05) is 17.5 Å². The third-order valence-corrected chi connectivity index (χ3v) is 6.45. The molecular formula is C24H22ClN3O2S. The Bertz CT molecular complexity index is 1290. The molecule has 0 fully saturated rings. The summed E-state index contributed by atoms with van der Waals surface area (Å²) in [5.74, 6) is 0.135. The van der Waals surface area contributed by atoms with Crippen LogP contribution in [0.5, 0.6) is 0 Å². The van der Waals surface area contributed by atoms with Crippen molar-refractivity contribution in [2.75, 3.05) is 5.32 Å². The van der Waals surface area contributed by atoms with Gasteiger partial charge >= 0.3 is 0 Å². The van der Waals surface area contributed by atoms with E-state index in [-0.39, 0.29) is 11.5 Å². The van der Waals surface area contributed by atoms with E-state index in [9.17, 15) is 9.59 Å². The topological polar surface area (TPSA) is 64.0 Å². The average Bonchev–Trinajstić information content (AvgIpc) is 3.20. The molecule has 1 atom stereocenters. The molecule has 0 saturated heterocycles. The van der Waals surface area contributed by atoms with Gasteiger partial charge in [0.2, 0.25) is 5.91 Å². The largest absolute Gasteiger partial charge is 0.324 e. The molecule has 0 aliphatic rings. The van der Waals surface area contributed by atoms with Crippen LogP contribution in [0.25, 0.3) is 21.3 Å². The van der Waals surface area contributed by atoms with Gasteiger partial charge in [0.05, 0.1) is 11.7 Å². The second kappa shape index (κ2) is 8.65. The molecule has 2 aromatic heterocycles. The van der Waals surface area contributed by atoms with Crippen molar-refractivity contribution >= 4 is 44.7 Å². The third-order valence-electron chi connectivity index (χ3n) is 5.32. The molecule has 4 aromatic rings. The number of hydrogen-bond acceptors (Lipinski definition) is 4. The Hall–Kier alpha value is -2.96. The number of carbonyl (C=O) groups is 1. The molecule has 1 unspecified atom stereocenters. The van der Waals surface area contributed by atoms with Crippen LogP contribution in [-0.2, 0) is 4.79 Å². The van der Waals surface area contributed by atoms with Crippen molar-refractivity contribution in [3.8, 4) is 11.1 Å². The van der Waals surface area contributed by atoms with E-state index in [2.05, 4.69) is 36.3 Å². The molecule has 158 valence electrons. The molecule has 31 heavy (non-hydrogen) atoms. The number of aromatic nitrogens is 2. The van der Waals surface area contributed by atoms with Crippen molar-refractivity contribution in [1.29, 1.82) is 0 Å². The molecule has 0 radical (unpaired) electrons. The minimum Gasteiger partial charge on any atom is -0.324 e. The van der Waals surface area contributed by atoms with Crippen LogP contribution in [0, 0.1) is 0 Å². The van der Waals surface area contributed by atoms with Gasteiger partial charge in [0.15, 0.2) is 0 Å². The summed E-state index contributed by atoms with van der Waals surface area (Å²) in [6, 6.07) is 14.3. The monoisotopic (exact) mass is 451 g/mol. The summed E-state index contributed by atoms with van der Waals surface area (Å²) in [4.78, 5) is 31.2. The Morgan fingerprint density at radius 1 is 1.06 bits per heavy atom. The van der Waals surface area contributed by atoms with Crippen molar-refractivity contribution in [2.24, 2.45) is 0 Å². The molecule has 0 spiro atoms. The number of nitrogens with one attached hydrogen (secondary N) is 1. The van der Waals surface area contributed by atoms with E-state index in [4.69, 9.17) is 11.6 Å². The molecule has 4 rings (SSSR count). The predicted octanol–water partition coefficient (Wildman–Crippen LogP) is 6.10. The summed E-state index contributed by atoms with van der Waals surface area (Å²) in [6.07, 6.45) is 1.44. The van der Waals surface area contributed by atoms with Crippen molar-refractivity contribution in [2.45, 2.75) is 32.7 Å². The lowest BCUT2D eigenvalue weighted by Crippen LogP contribution is -2.31. The van der Waals surface area contributed by atoms with Gasteiger partial charge in [-0.25, -0.2) is 4.98 Å². The van der Waals surface area contributed by atoms with Gasteiger partial charge in [-0.1, -0.05) is 49.7 Å². The minimum atomic E-state index is -0.726. The van der Waals surface area contributed by atoms with Crippen molar-refractivity contribution in [3.63, 3.8) is 0 Å². The first-order valence-electron chi connectivity index (χ1n) is 10.00. The highest BCUT2D eigenvalue weighted by molar-refractivity contribution is 7.17. The predicted molar refractivity (Wildman–Crippen MR) is 128 cm³/mol. The Balaban J connectivity index is 1.68. The van der Waals surface area contributed by atoms with E-state index in [0.717, 1.165) is 11.1 Å². The van der Waals surface area contributed by atoms with E-state index in [1.165, 1.54) is 27.8 Å². The highest BCUT2D eigenvalue weighted by Gasteiger charge is 2.20. The minimum absolute atomic E-state index is 0.229. The number of thiophene rings is 1. The van der Waals surface area contributed by atoms with Crippen LogP contribution in [0.4, 0.5) is 5.69 Å². The summed E-state index contributed by atoms with van der Waals surface area (Å²) < 4.78 is 1.38. The second-order valence-electron chi connectivity index (χ2n) is 7.74. The maximum Gasteiger partial charge on any atom is 0.263 e. The number of carbonyl (C=O) groups excluding carboxylic acids is 1. The highest BCUT2D eigenvalue weighted by atomic mass is 35.5. The smallest absolute Gasteiger partial charge is 0.263 e. The molecule has 7 heteroatoms. The van der Waals surface area contributed by atoms with Gasteiger partial charge in [0.25, 0.3) is 5.56 Å². The fraction of sp³-hybridized carbons (Fsp3) is 0.208. The van der Waals surface area contributed by atoms with Crippen molar-refractivity contribution in [3.05, 3.63) is 81.2 Å². The molecule has 0 bridgehead atoms. The number of anilines is 1. The van der Waals surface area contributed by atoms with Gasteiger partial charge < -0.3 is 5.32 Å². The van der Waals surface area contributed by atoms with Gasteiger partial charge in [-0.05, 0) is 48.2 Å². The number of nitrogens with zero attached hydrogens (tertiary/aromatic N) is 2. The standard InChI is InChI=1S/C24H22ClN3O2S/c1-14(2)16-4-6-17(7-5-16)20-12-31-23-21(20)24(30)28(13-26-23)15(3)22(29)27-19-10-8-18(25)9-11-19/h4-15H,1-3H3,(H,27,29). The van der Waals surface area contributed by atoms with Gasteiger partial charge in [-0.15, -0.1) is 11.3 Å². The van der Waals surface area contributed by atoms with E-state index < -0.39 is 6.04 Å². The van der Waals surface area contributed by atoms with Gasteiger partial charge in [0.1, 0.15) is 10.9 Å². The van der Waals surface area contributed by atoms with Crippen LogP contribution >= 0.6 is 22.9 Å². The van der Waals surface area contributed by atoms with Gasteiger partial charge in [-0.3, -0.25) is 14.2 Å². The number of halogens is 1. The molecule has 2 aromatic carbocycles. The molecule has 0 saturated carbocycles. The van der Waals surface area contributed by atoms with Crippen molar-refractivity contribution < 1.29 is 4.79 Å². The van der Waals surface area contributed by atoms with Crippen LogP contribution in [-0.4, -0.2) is 15.5 Å². The second-order valence-corrected chi connectivity index (χ2v) is 9.03. The van der Waals surface area contributed by atoms with E-state index >= 15 is 0 Å². The summed E-state index contributed by atoms with van der Waals surface area (Å²) in [5, 5.41) is 5.89. The Kier molecular flexibility index (Phi) is 5.94. The molecular weight excluding hydrogens is 430 g/mol. The lowest BCUT2D eigenvalue weighted by molar-refractivity contribution is -0.118. The first-order valence-corrected chi connectivity index (χ1v) is 11.3. The summed E-state index contributed by atoms with van der Waals surface area (Å²) in [5.41, 5.74) is 3.43. The Labute approximate surface area is 189 Å². The average molecular weight is 452 g/mol. The zero-order valence-corrected chi connectivity index (χ0v) is 19.0. The highest BCUT2D eigenvalue weighted by Crippen LogP contribution is 2.31. The molecule has 1 amide bonds.